The molecule has 3 nitrogen and oxygen atoms in total. The summed E-state index contributed by atoms with van der Waals surface area (Å²) in [4.78, 5) is 2.39. The number of likely N-dealkylation sites (tertiary alicyclic amines) is 1. The molecule has 14 heavy (non-hydrogen) atoms. The van der Waals surface area contributed by atoms with Crippen molar-refractivity contribution in [3.05, 3.63) is 0 Å². The molecule has 0 spiro atoms. The molecule has 0 radical (unpaired) electrons. The van der Waals surface area contributed by atoms with Gasteiger partial charge in [-0.05, 0) is 26.2 Å². The van der Waals surface area contributed by atoms with Crippen molar-refractivity contribution in [2.24, 2.45) is 5.41 Å². The second-order valence-electron chi connectivity index (χ2n) is 4.81. The monoisotopic (exact) mass is 199 g/mol. The molecular formula is C11H21NO2. The van der Waals surface area contributed by atoms with Crippen molar-refractivity contribution in [3.8, 4) is 0 Å². The molecule has 2 aliphatic rings. The van der Waals surface area contributed by atoms with E-state index in [-0.39, 0.29) is 6.10 Å². The Morgan fingerprint density at radius 2 is 2.29 bits per heavy atom. The van der Waals surface area contributed by atoms with Crippen LogP contribution in [0.3, 0.4) is 0 Å². The third-order valence-electron chi connectivity index (χ3n) is 3.38. The van der Waals surface area contributed by atoms with Crippen molar-refractivity contribution in [1.82, 2.24) is 4.90 Å². The van der Waals surface area contributed by atoms with E-state index in [0.717, 1.165) is 39.3 Å². The van der Waals surface area contributed by atoms with Crippen molar-refractivity contribution >= 4 is 0 Å². The van der Waals surface area contributed by atoms with Crippen LogP contribution in [0.5, 0.6) is 0 Å². The van der Waals surface area contributed by atoms with Gasteiger partial charge in [0, 0.05) is 31.7 Å². The molecule has 1 aliphatic heterocycles. The number of hydrogen-bond donors (Lipinski definition) is 1. The first-order valence-corrected chi connectivity index (χ1v) is 5.72. The average Bonchev–Trinajstić information content (AvgIpc) is 2.81. The number of rotatable bonds is 5. The van der Waals surface area contributed by atoms with Crippen LogP contribution in [-0.4, -0.2) is 49.0 Å². The molecule has 0 amide bonds. The zero-order chi connectivity index (χ0) is 10.0. The van der Waals surface area contributed by atoms with Crippen LogP contribution in [0.15, 0.2) is 0 Å². The summed E-state index contributed by atoms with van der Waals surface area (Å²) in [7, 11) is 0. The Labute approximate surface area is 86.0 Å². The number of hydrogen-bond acceptors (Lipinski definition) is 3. The molecule has 0 unspecified atom stereocenters. The topological polar surface area (TPSA) is 32.7 Å². The Balaban J connectivity index is 1.73. The molecule has 82 valence electrons. The quantitative estimate of drug-likeness (QED) is 0.713. The van der Waals surface area contributed by atoms with Crippen LogP contribution in [0.1, 0.15) is 26.2 Å². The predicted octanol–water partition coefficient (Wildman–Crippen LogP) is 0.870. The van der Waals surface area contributed by atoms with Crippen LogP contribution in [0.2, 0.25) is 0 Å². The highest BCUT2D eigenvalue weighted by molar-refractivity contribution is 4.96. The first kappa shape index (κ1) is 10.4. The van der Waals surface area contributed by atoms with Gasteiger partial charge in [0.05, 0.1) is 12.7 Å². The fourth-order valence-electron chi connectivity index (χ4n) is 2.27. The van der Waals surface area contributed by atoms with Gasteiger partial charge in [-0.2, -0.15) is 0 Å². The summed E-state index contributed by atoms with van der Waals surface area (Å²) in [5.74, 6) is 0. The van der Waals surface area contributed by atoms with Crippen molar-refractivity contribution in [2.45, 2.75) is 32.3 Å². The molecule has 3 heteroatoms. The minimum Gasteiger partial charge on any atom is -0.392 e. The number of nitrogens with zero attached hydrogens (tertiary/aromatic N) is 1. The molecule has 1 aliphatic carbocycles. The van der Waals surface area contributed by atoms with Gasteiger partial charge >= 0.3 is 0 Å². The number of β-amino-alcohol motifs (C(OH)–C–C–N with tert-alkyl or cyclic N) is 1. The summed E-state index contributed by atoms with van der Waals surface area (Å²) in [5, 5.41) is 9.42. The van der Waals surface area contributed by atoms with Gasteiger partial charge in [-0.1, -0.05) is 0 Å². The third kappa shape index (κ3) is 2.47. The third-order valence-corrected chi connectivity index (χ3v) is 3.38. The minimum absolute atomic E-state index is 0.0853. The highest BCUT2D eigenvalue weighted by Gasteiger charge is 2.44. The van der Waals surface area contributed by atoms with E-state index in [1.807, 2.05) is 0 Å². The Bertz CT molecular complexity index is 192. The summed E-state index contributed by atoms with van der Waals surface area (Å²) >= 11 is 0. The van der Waals surface area contributed by atoms with E-state index in [4.69, 9.17) is 4.74 Å². The summed E-state index contributed by atoms with van der Waals surface area (Å²) < 4.78 is 5.51. The predicted molar refractivity (Wildman–Crippen MR) is 55.2 cm³/mol. The smallest absolute Gasteiger partial charge is 0.0679 e. The van der Waals surface area contributed by atoms with Gasteiger partial charge in [-0.25, -0.2) is 0 Å². The lowest BCUT2D eigenvalue weighted by atomic mass is 10.1. The van der Waals surface area contributed by atoms with Crippen LogP contribution >= 0.6 is 0 Å². The van der Waals surface area contributed by atoms with Crippen molar-refractivity contribution in [1.29, 1.82) is 0 Å². The van der Waals surface area contributed by atoms with Gasteiger partial charge in [0.2, 0.25) is 0 Å². The second kappa shape index (κ2) is 4.17. The fraction of sp³-hybridized carbons (Fsp3) is 1.00. The summed E-state index contributed by atoms with van der Waals surface area (Å²) in [6, 6.07) is 0. The minimum atomic E-state index is -0.0853. The van der Waals surface area contributed by atoms with Crippen LogP contribution in [0.4, 0.5) is 0 Å². The van der Waals surface area contributed by atoms with Gasteiger partial charge in [-0.3, -0.25) is 0 Å². The molecule has 1 N–H and O–H groups in total. The molecule has 1 heterocycles. The maximum absolute atomic E-state index is 9.42. The fourth-order valence-corrected chi connectivity index (χ4v) is 2.27. The van der Waals surface area contributed by atoms with E-state index in [2.05, 4.69) is 11.8 Å². The largest absolute Gasteiger partial charge is 0.392 e. The Hall–Kier alpha value is -0.120. The van der Waals surface area contributed by atoms with Crippen molar-refractivity contribution < 1.29 is 9.84 Å². The lowest BCUT2D eigenvalue weighted by molar-refractivity contribution is 0.0796. The molecule has 0 bridgehead atoms. The molecule has 0 aromatic carbocycles. The van der Waals surface area contributed by atoms with Gasteiger partial charge in [-0.15, -0.1) is 0 Å². The Morgan fingerprint density at radius 1 is 1.50 bits per heavy atom. The summed E-state index contributed by atoms with van der Waals surface area (Å²) in [6.45, 7) is 6.85. The van der Waals surface area contributed by atoms with E-state index in [1.54, 1.807) is 0 Å². The van der Waals surface area contributed by atoms with Crippen molar-refractivity contribution in [2.75, 3.05) is 32.8 Å². The van der Waals surface area contributed by atoms with Gasteiger partial charge < -0.3 is 14.7 Å². The van der Waals surface area contributed by atoms with E-state index in [0.29, 0.717) is 5.41 Å². The summed E-state index contributed by atoms with van der Waals surface area (Å²) in [6.07, 6.45) is 3.47. The summed E-state index contributed by atoms with van der Waals surface area (Å²) in [5.41, 5.74) is 0.445. The zero-order valence-corrected chi connectivity index (χ0v) is 9.04. The van der Waals surface area contributed by atoms with E-state index >= 15 is 0 Å². The number of ether oxygens (including phenoxy) is 1. The average molecular weight is 199 g/mol. The maximum Gasteiger partial charge on any atom is 0.0679 e. The van der Waals surface area contributed by atoms with Gasteiger partial charge in [0.25, 0.3) is 0 Å². The molecule has 2 fully saturated rings. The molecule has 0 aromatic rings. The molecule has 1 saturated carbocycles. The van der Waals surface area contributed by atoms with E-state index < -0.39 is 0 Å². The standard InChI is InChI=1S/C11H21NO2/c1-2-14-9-11(4-5-11)8-12-6-3-10(13)7-12/h10,13H,2-9H2,1H3/t10-/m1/s1. The highest BCUT2D eigenvalue weighted by atomic mass is 16.5. The Morgan fingerprint density at radius 3 is 2.79 bits per heavy atom. The number of aliphatic hydroxyl groups is 1. The second-order valence-corrected chi connectivity index (χ2v) is 4.81. The van der Waals surface area contributed by atoms with E-state index in [9.17, 15) is 5.11 Å². The Kier molecular flexibility index (Phi) is 3.10. The lowest BCUT2D eigenvalue weighted by Gasteiger charge is -2.22. The zero-order valence-electron chi connectivity index (χ0n) is 9.04. The normalized spacial score (nSPS) is 30.9. The molecule has 0 aromatic heterocycles. The number of aliphatic hydroxyl groups excluding tert-OH is 1. The van der Waals surface area contributed by atoms with Gasteiger partial charge in [0.1, 0.15) is 0 Å². The maximum atomic E-state index is 9.42. The molecule has 1 saturated heterocycles. The lowest BCUT2D eigenvalue weighted by Crippen LogP contribution is -2.31. The van der Waals surface area contributed by atoms with Gasteiger partial charge in [0.15, 0.2) is 0 Å². The first-order chi connectivity index (χ1) is 6.74. The first-order valence-electron chi connectivity index (χ1n) is 5.72. The SMILES string of the molecule is CCOCC1(CN2CC[C@@H](O)C2)CC1. The molecular weight excluding hydrogens is 178 g/mol. The van der Waals surface area contributed by atoms with Crippen LogP contribution in [0.25, 0.3) is 0 Å². The highest BCUT2D eigenvalue weighted by Crippen LogP contribution is 2.46. The van der Waals surface area contributed by atoms with Crippen LogP contribution in [-0.2, 0) is 4.74 Å². The van der Waals surface area contributed by atoms with Crippen LogP contribution < -0.4 is 0 Å². The van der Waals surface area contributed by atoms with Crippen molar-refractivity contribution in [3.63, 3.8) is 0 Å². The molecule has 2 rings (SSSR count). The van der Waals surface area contributed by atoms with E-state index in [1.165, 1.54) is 12.8 Å². The van der Waals surface area contributed by atoms with Crippen LogP contribution in [0, 0.1) is 5.41 Å². The molecule has 1 atom stereocenters.